The smallest absolute Gasteiger partial charge is 0.277 e. The van der Waals surface area contributed by atoms with Gasteiger partial charge in [0.05, 0.1) is 22.7 Å². The van der Waals surface area contributed by atoms with Crippen LogP contribution in [-0.2, 0) is 18.9 Å². The number of para-hydroxylation sites is 1. The molecule has 0 radical (unpaired) electrons. The molecule has 0 aliphatic rings. The minimum Gasteiger partial charge on any atom is -0.484 e. The molecule has 0 atom stereocenters. The topological polar surface area (TPSA) is 107 Å². The molecule has 4 aromatic rings. The molecule has 0 aliphatic carbocycles. The number of rotatable bonds is 7. The Bertz CT molecular complexity index is 1290. The number of aryl methyl sites for hydroxylation is 1. The van der Waals surface area contributed by atoms with Crippen LogP contribution in [-0.4, -0.2) is 19.7 Å². The second-order valence-electron chi connectivity index (χ2n) is 6.45. The minimum absolute atomic E-state index is 0.0774. The second-order valence-corrected chi connectivity index (χ2v) is 7.38. The summed E-state index contributed by atoms with van der Waals surface area (Å²) >= 11 is 1.25. The van der Waals surface area contributed by atoms with Gasteiger partial charge in [0.1, 0.15) is 18.1 Å². The highest BCUT2D eigenvalue weighted by Crippen LogP contribution is 2.22. The summed E-state index contributed by atoms with van der Waals surface area (Å²) in [6.45, 7) is 2.07. The summed E-state index contributed by atoms with van der Waals surface area (Å²) in [6.07, 6.45) is 0. The quantitative estimate of drug-likeness (QED) is 0.419. The van der Waals surface area contributed by atoms with E-state index in [1.807, 2.05) is 43.3 Å². The molecule has 2 aromatic carbocycles. The van der Waals surface area contributed by atoms with Crippen molar-refractivity contribution in [2.45, 2.75) is 31.1 Å². The van der Waals surface area contributed by atoms with Crippen LogP contribution in [0.2, 0.25) is 0 Å². The number of ether oxygens (including phenoxy) is 1. The predicted molar refractivity (Wildman–Crippen MR) is 111 cm³/mol. The van der Waals surface area contributed by atoms with Gasteiger partial charge in [-0.3, -0.25) is 9.36 Å². The van der Waals surface area contributed by atoms with Gasteiger partial charge >= 0.3 is 0 Å². The van der Waals surface area contributed by atoms with Crippen LogP contribution in [0.25, 0.3) is 10.9 Å². The molecular weight excluding hydrogens is 402 g/mol. The van der Waals surface area contributed by atoms with E-state index in [9.17, 15) is 4.79 Å². The Balaban J connectivity index is 1.47. The van der Waals surface area contributed by atoms with Gasteiger partial charge < -0.3 is 9.15 Å². The van der Waals surface area contributed by atoms with Crippen molar-refractivity contribution in [2.75, 3.05) is 0 Å². The number of thioether (sulfide) groups is 1. The summed E-state index contributed by atoms with van der Waals surface area (Å²) in [5.74, 6) is 1.85. The largest absolute Gasteiger partial charge is 0.484 e. The van der Waals surface area contributed by atoms with Crippen molar-refractivity contribution in [1.82, 2.24) is 19.7 Å². The van der Waals surface area contributed by atoms with Crippen molar-refractivity contribution in [3.8, 4) is 11.8 Å². The normalized spacial score (nSPS) is 10.8. The van der Waals surface area contributed by atoms with Crippen LogP contribution < -0.4 is 10.3 Å². The first-order chi connectivity index (χ1) is 14.6. The standard InChI is InChI=1S/C21H17N5O3S/c1-14-5-4-6-15(11-14)28-12-19-24-25-21(29-19)30-13-18-23-17-8-3-2-7-16(17)20(27)26(18)10-9-22/h2-8,11H,10,12-13H2,1H3. The molecule has 150 valence electrons. The number of hydrogen-bond donors (Lipinski definition) is 0. The first-order valence-corrected chi connectivity index (χ1v) is 10.1. The molecule has 0 N–H and O–H groups in total. The SMILES string of the molecule is Cc1cccc(OCc2nnc(SCc3nc4ccccc4c(=O)n3CC#N)o2)c1. The van der Waals surface area contributed by atoms with Gasteiger partial charge in [-0.25, -0.2) is 4.98 Å². The lowest BCUT2D eigenvalue weighted by Crippen LogP contribution is -2.24. The highest BCUT2D eigenvalue weighted by atomic mass is 32.2. The molecule has 0 unspecified atom stereocenters. The highest BCUT2D eigenvalue weighted by Gasteiger charge is 2.14. The lowest BCUT2D eigenvalue weighted by molar-refractivity contribution is 0.252. The molecule has 0 saturated carbocycles. The maximum Gasteiger partial charge on any atom is 0.277 e. The molecule has 2 heterocycles. The van der Waals surface area contributed by atoms with Crippen LogP contribution in [0.1, 0.15) is 17.3 Å². The van der Waals surface area contributed by atoms with E-state index in [4.69, 9.17) is 14.4 Å². The fraction of sp³-hybridized carbons (Fsp3) is 0.190. The maximum atomic E-state index is 12.7. The number of aromatic nitrogens is 4. The Morgan fingerprint density at radius 1 is 1.20 bits per heavy atom. The summed E-state index contributed by atoms with van der Waals surface area (Å²) < 4.78 is 12.6. The molecule has 9 heteroatoms. The predicted octanol–water partition coefficient (Wildman–Crippen LogP) is 3.48. The minimum atomic E-state index is -0.240. The van der Waals surface area contributed by atoms with Crippen molar-refractivity contribution in [1.29, 1.82) is 5.26 Å². The molecule has 0 aliphatic heterocycles. The molecule has 4 rings (SSSR count). The molecular formula is C21H17N5O3S. The summed E-state index contributed by atoms with van der Waals surface area (Å²) in [7, 11) is 0. The van der Waals surface area contributed by atoms with Crippen LogP contribution in [0.15, 0.2) is 63.0 Å². The molecule has 0 saturated heterocycles. The average Bonchev–Trinajstić information content (AvgIpc) is 3.21. The fourth-order valence-electron chi connectivity index (χ4n) is 2.89. The summed E-state index contributed by atoms with van der Waals surface area (Å²) in [5, 5.41) is 17.9. The second kappa shape index (κ2) is 8.80. The van der Waals surface area contributed by atoms with E-state index >= 15 is 0 Å². The maximum absolute atomic E-state index is 12.7. The zero-order valence-corrected chi connectivity index (χ0v) is 16.9. The van der Waals surface area contributed by atoms with E-state index < -0.39 is 0 Å². The van der Waals surface area contributed by atoms with Crippen LogP contribution in [0.4, 0.5) is 0 Å². The Hall–Kier alpha value is -3.64. The molecule has 30 heavy (non-hydrogen) atoms. The lowest BCUT2D eigenvalue weighted by atomic mass is 10.2. The third-order valence-electron chi connectivity index (χ3n) is 4.29. The Labute approximate surface area is 176 Å². The first kappa shape index (κ1) is 19.7. The van der Waals surface area contributed by atoms with Crippen molar-refractivity contribution in [3.05, 3.63) is 76.2 Å². The van der Waals surface area contributed by atoms with E-state index in [-0.39, 0.29) is 18.7 Å². The van der Waals surface area contributed by atoms with Crippen molar-refractivity contribution < 1.29 is 9.15 Å². The lowest BCUT2D eigenvalue weighted by Gasteiger charge is -2.09. The molecule has 0 amide bonds. The zero-order valence-electron chi connectivity index (χ0n) is 16.1. The van der Waals surface area contributed by atoms with Gasteiger partial charge in [0.2, 0.25) is 0 Å². The molecule has 8 nitrogen and oxygen atoms in total. The van der Waals surface area contributed by atoms with E-state index in [0.717, 1.165) is 11.3 Å². The van der Waals surface area contributed by atoms with E-state index in [1.165, 1.54) is 16.3 Å². The number of nitrogens with zero attached hydrogens (tertiary/aromatic N) is 5. The molecule has 2 aromatic heterocycles. The van der Waals surface area contributed by atoms with Crippen LogP contribution >= 0.6 is 11.8 Å². The van der Waals surface area contributed by atoms with Gasteiger partial charge in [-0.15, -0.1) is 10.2 Å². The van der Waals surface area contributed by atoms with Gasteiger partial charge in [0.15, 0.2) is 6.61 Å². The monoisotopic (exact) mass is 419 g/mol. The van der Waals surface area contributed by atoms with Crippen LogP contribution in [0.5, 0.6) is 5.75 Å². The third-order valence-corrected chi connectivity index (χ3v) is 5.11. The Kier molecular flexibility index (Phi) is 5.77. The third kappa shape index (κ3) is 4.34. The van der Waals surface area contributed by atoms with Crippen molar-refractivity contribution >= 4 is 22.7 Å². The average molecular weight is 419 g/mol. The van der Waals surface area contributed by atoms with Gasteiger partial charge in [-0.05, 0) is 36.8 Å². The zero-order chi connectivity index (χ0) is 20.9. The van der Waals surface area contributed by atoms with Crippen molar-refractivity contribution in [3.63, 3.8) is 0 Å². The number of hydrogen-bond acceptors (Lipinski definition) is 8. The van der Waals surface area contributed by atoms with Crippen molar-refractivity contribution in [2.24, 2.45) is 0 Å². The number of fused-ring (bicyclic) bond motifs is 1. The summed E-state index contributed by atoms with van der Waals surface area (Å²) in [6, 6.07) is 16.8. The Morgan fingerprint density at radius 3 is 2.90 bits per heavy atom. The van der Waals surface area contributed by atoms with E-state index in [0.29, 0.717) is 33.6 Å². The Morgan fingerprint density at radius 2 is 2.07 bits per heavy atom. The molecule has 0 spiro atoms. The first-order valence-electron chi connectivity index (χ1n) is 9.14. The summed E-state index contributed by atoms with van der Waals surface area (Å²) in [4.78, 5) is 17.2. The van der Waals surface area contributed by atoms with Gasteiger partial charge in [-0.1, -0.05) is 36.0 Å². The van der Waals surface area contributed by atoms with Crippen LogP contribution in [0.3, 0.4) is 0 Å². The highest BCUT2D eigenvalue weighted by molar-refractivity contribution is 7.98. The molecule has 0 fully saturated rings. The number of benzene rings is 2. The number of nitriles is 1. The molecule has 0 bridgehead atoms. The van der Waals surface area contributed by atoms with E-state index in [2.05, 4.69) is 15.2 Å². The fourth-order valence-corrected chi connectivity index (χ4v) is 3.62. The van der Waals surface area contributed by atoms with Gasteiger partial charge in [0.25, 0.3) is 16.7 Å². The van der Waals surface area contributed by atoms with Crippen LogP contribution in [0, 0.1) is 18.3 Å². The van der Waals surface area contributed by atoms with Gasteiger partial charge in [-0.2, -0.15) is 5.26 Å². The van der Waals surface area contributed by atoms with Gasteiger partial charge in [0, 0.05) is 0 Å². The van der Waals surface area contributed by atoms with E-state index in [1.54, 1.807) is 18.2 Å². The summed E-state index contributed by atoms with van der Waals surface area (Å²) in [5.41, 5.74) is 1.45.